The maximum atomic E-state index is 11.2. The second-order valence-corrected chi connectivity index (χ2v) is 10.4. The summed E-state index contributed by atoms with van der Waals surface area (Å²) >= 11 is 0. The van der Waals surface area contributed by atoms with Gasteiger partial charge in [0.25, 0.3) is 0 Å². The fourth-order valence-corrected chi connectivity index (χ4v) is 4.91. The number of aromatic carboxylic acids is 1. The van der Waals surface area contributed by atoms with Gasteiger partial charge in [-0.15, -0.1) is 0 Å². The van der Waals surface area contributed by atoms with Gasteiger partial charge in [0.15, 0.2) is 0 Å². The Balaban J connectivity index is 1.85. The average Bonchev–Trinajstić information content (AvgIpc) is 2.72. The number of fused-ring (bicyclic) bond motifs is 1. The van der Waals surface area contributed by atoms with Crippen LogP contribution in [0, 0.1) is 13.8 Å². The predicted octanol–water partition coefficient (Wildman–Crippen LogP) is 7.68. The molecule has 2 nitrogen and oxygen atoms in total. The first-order chi connectivity index (χ1) is 14.5. The third kappa shape index (κ3) is 3.80. The van der Waals surface area contributed by atoms with E-state index in [0.717, 1.165) is 11.1 Å². The van der Waals surface area contributed by atoms with Crippen molar-refractivity contribution in [2.24, 2.45) is 0 Å². The van der Waals surface area contributed by atoms with Gasteiger partial charge in [-0.25, -0.2) is 4.79 Å². The van der Waals surface area contributed by atoms with Gasteiger partial charge in [-0.2, -0.15) is 0 Å². The normalized spacial score (nSPS) is 16.6. The zero-order chi connectivity index (χ0) is 22.6. The van der Waals surface area contributed by atoms with Crippen LogP contribution in [0.3, 0.4) is 0 Å². The molecule has 31 heavy (non-hydrogen) atoms. The Bertz CT molecular complexity index is 1160. The summed E-state index contributed by atoms with van der Waals surface area (Å²) in [5, 5.41) is 9.18. The molecule has 0 radical (unpaired) electrons. The van der Waals surface area contributed by atoms with Crippen LogP contribution < -0.4 is 0 Å². The molecule has 0 fully saturated rings. The van der Waals surface area contributed by atoms with Gasteiger partial charge in [-0.3, -0.25) is 0 Å². The highest BCUT2D eigenvalue weighted by Gasteiger charge is 2.37. The summed E-state index contributed by atoms with van der Waals surface area (Å²) in [4.78, 5) is 11.2. The van der Waals surface area contributed by atoms with Gasteiger partial charge in [0.05, 0.1) is 5.56 Å². The molecule has 1 aliphatic carbocycles. The highest BCUT2D eigenvalue weighted by molar-refractivity contribution is 5.88. The monoisotopic (exact) mass is 412 g/mol. The highest BCUT2D eigenvalue weighted by atomic mass is 16.4. The Hall–Kier alpha value is -2.87. The van der Waals surface area contributed by atoms with E-state index >= 15 is 0 Å². The molecular formula is C29H32O2. The Labute approximate surface area is 186 Å². The predicted molar refractivity (Wildman–Crippen MR) is 129 cm³/mol. The van der Waals surface area contributed by atoms with Crippen molar-refractivity contribution in [3.63, 3.8) is 0 Å². The SMILES string of the molecule is Cc1ccc(-c2ccc(C(=O)O)cc2)cc1-c1cc2c(cc1C)C(C)(C)CCC2(C)C. The number of carbonyl (C=O) groups is 1. The Kier molecular flexibility index (Phi) is 5.08. The van der Waals surface area contributed by atoms with Gasteiger partial charge < -0.3 is 5.11 Å². The average molecular weight is 413 g/mol. The van der Waals surface area contributed by atoms with E-state index in [9.17, 15) is 9.90 Å². The lowest BCUT2D eigenvalue weighted by Gasteiger charge is -2.42. The fraction of sp³-hybridized carbons (Fsp3) is 0.345. The van der Waals surface area contributed by atoms with Crippen LogP contribution in [0.4, 0.5) is 0 Å². The van der Waals surface area contributed by atoms with Gasteiger partial charge in [-0.05, 0) is 100 Å². The van der Waals surface area contributed by atoms with Crippen LogP contribution in [0.5, 0.6) is 0 Å². The Morgan fingerprint density at radius 1 is 0.710 bits per heavy atom. The van der Waals surface area contributed by atoms with Gasteiger partial charge in [0.1, 0.15) is 0 Å². The lowest BCUT2D eigenvalue weighted by atomic mass is 9.62. The van der Waals surface area contributed by atoms with Crippen LogP contribution in [-0.4, -0.2) is 11.1 Å². The number of carboxylic acids is 1. The lowest BCUT2D eigenvalue weighted by molar-refractivity contribution is 0.0697. The smallest absolute Gasteiger partial charge is 0.335 e. The molecule has 3 aromatic carbocycles. The zero-order valence-corrected chi connectivity index (χ0v) is 19.5. The van der Waals surface area contributed by atoms with Gasteiger partial charge in [0, 0.05) is 0 Å². The molecule has 0 atom stereocenters. The molecule has 160 valence electrons. The first-order valence-corrected chi connectivity index (χ1v) is 11.1. The Morgan fingerprint density at radius 2 is 1.23 bits per heavy atom. The molecule has 0 bridgehead atoms. The van der Waals surface area contributed by atoms with Crippen LogP contribution in [0.1, 0.15) is 73.1 Å². The molecule has 0 saturated carbocycles. The van der Waals surface area contributed by atoms with E-state index in [0.29, 0.717) is 5.56 Å². The molecule has 0 heterocycles. The van der Waals surface area contributed by atoms with E-state index in [4.69, 9.17) is 0 Å². The van der Waals surface area contributed by atoms with Crippen molar-refractivity contribution in [1.29, 1.82) is 0 Å². The van der Waals surface area contributed by atoms with Crippen LogP contribution >= 0.6 is 0 Å². The standard InChI is InChI=1S/C29H32O2/c1-18-7-8-22(20-9-11-21(12-10-20)27(30)31)16-23(18)24-17-26-25(15-19(24)2)28(3,4)13-14-29(26,5)6/h7-12,15-17H,13-14H2,1-6H3,(H,30,31). The number of hydrogen-bond donors (Lipinski definition) is 1. The van der Waals surface area contributed by atoms with Crippen molar-refractivity contribution in [3.05, 3.63) is 82.4 Å². The molecule has 0 unspecified atom stereocenters. The highest BCUT2D eigenvalue weighted by Crippen LogP contribution is 2.48. The van der Waals surface area contributed by atoms with Gasteiger partial charge in [-0.1, -0.05) is 64.1 Å². The summed E-state index contributed by atoms with van der Waals surface area (Å²) in [6.07, 6.45) is 2.41. The fourth-order valence-electron chi connectivity index (χ4n) is 4.91. The summed E-state index contributed by atoms with van der Waals surface area (Å²) < 4.78 is 0. The van der Waals surface area contributed by atoms with Crippen molar-refractivity contribution in [2.75, 3.05) is 0 Å². The van der Waals surface area contributed by atoms with E-state index in [1.807, 2.05) is 12.1 Å². The van der Waals surface area contributed by atoms with Crippen molar-refractivity contribution in [2.45, 2.75) is 65.2 Å². The number of rotatable bonds is 3. The number of benzene rings is 3. The van der Waals surface area contributed by atoms with Crippen LogP contribution in [0.25, 0.3) is 22.3 Å². The van der Waals surface area contributed by atoms with Crippen molar-refractivity contribution >= 4 is 5.97 Å². The third-order valence-corrected chi connectivity index (χ3v) is 7.19. The second kappa shape index (κ2) is 7.37. The Morgan fingerprint density at radius 3 is 1.81 bits per heavy atom. The number of hydrogen-bond acceptors (Lipinski definition) is 1. The number of carboxylic acid groups (broad SMARTS) is 1. The largest absolute Gasteiger partial charge is 0.478 e. The third-order valence-electron chi connectivity index (χ3n) is 7.19. The second-order valence-electron chi connectivity index (χ2n) is 10.4. The van der Waals surface area contributed by atoms with E-state index in [1.54, 1.807) is 12.1 Å². The van der Waals surface area contributed by atoms with Crippen molar-refractivity contribution < 1.29 is 9.90 Å². The molecule has 2 heteroatoms. The number of aryl methyl sites for hydroxylation is 2. The quantitative estimate of drug-likeness (QED) is 0.479. The van der Waals surface area contributed by atoms with E-state index in [-0.39, 0.29) is 10.8 Å². The van der Waals surface area contributed by atoms with Gasteiger partial charge >= 0.3 is 5.97 Å². The van der Waals surface area contributed by atoms with E-state index in [1.165, 1.54) is 46.2 Å². The maximum Gasteiger partial charge on any atom is 0.335 e. The first kappa shape index (κ1) is 21.4. The summed E-state index contributed by atoms with van der Waals surface area (Å²) in [6, 6.07) is 18.5. The van der Waals surface area contributed by atoms with Crippen molar-refractivity contribution in [3.8, 4) is 22.3 Å². The first-order valence-electron chi connectivity index (χ1n) is 11.1. The molecule has 3 aromatic rings. The molecule has 4 rings (SSSR count). The lowest BCUT2D eigenvalue weighted by Crippen LogP contribution is -2.34. The molecular weight excluding hydrogens is 380 g/mol. The van der Waals surface area contributed by atoms with Crippen molar-refractivity contribution in [1.82, 2.24) is 0 Å². The summed E-state index contributed by atoms with van der Waals surface area (Å²) in [5.41, 5.74) is 10.9. The minimum atomic E-state index is -0.897. The maximum absolute atomic E-state index is 11.2. The van der Waals surface area contributed by atoms with Gasteiger partial charge in [0.2, 0.25) is 0 Å². The topological polar surface area (TPSA) is 37.3 Å². The molecule has 0 amide bonds. The summed E-state index contributed by atoms with van der Waals surface area (Å²) in [6.45, 7) is 13.9. The van der Waals surface area contributed by atoms with Crippen LogP contribution in [0.2, 0.25) is 0 Å². The van der Waals surface area contributed by atoms with Crippen LogP contribution in [-0.2, 0) is 10.8 Å². The zero-order valence-electron chi connectivity index (χ0n) is 19.5. The van der Waals surface area contributed by atoms with Crippen LogP contribution in [0.15, 0.2) is 54.6 Å². The molecule has 0 aromatic heterocycles. The molecule has 0 saturated heterocycles. The minimum absolute atomic E-state index is 0.172. The molecule has 0 spiro atoms. The minimum Gasteiger partial charge on any atom is -0.478 e. The summed E-state index contributed by atoms with van der Waals surface area (Å²) in [5.74, 6) is -0.897. The molecule has 0 aliphatic heterocycles. The molecule has 1 N–H and O–H groups in total. The van der Waals surface area contributed by atoms with E-state index < -0.39 is 5.97 Å². The van der Waals surface area contributed by atoms with E-state index in [2.05, 4.69) is 71.9 Å². The molecule has 1 aliphatic rings. The summed E-state index contributed by atoms with van der Waals surface area (Å²) in [7, 11) is 0.